The number of nitrogens with zero attached hydrogens (tertiary/aromatic N) is 3. The number of furan rings is 1. The van der Waals surface area contributed by atoms with Gasteiger partial charge in [0, 0.05) is 24.0 Å². The molecule has 0 saturated carbocycles. The molecule has 1 amide bonds. The second kappa shape index (κ2) is 10.5. The Kier molecular flexibility index (Phi) is 7.14. The van der Waals surface area contributed by atoms with Crippen molar-refractivity contribution >= 4 is 39.3 Å². The van der Waals surface area contributed by atoms with Gasteiger partial charge in [-0.2, -0.15) is 11.3 Å². The summed E-state index contributed by atoms with van der Waals surface area (Å²) in [6.45, 7) is 6.68. The lowest BCUT2D eigenvalue weighted by molar-refractivity contribution is 0.0612. The molecule has 7 nitrogen and oxygen atoms in total. The molecule has 0 aliphatic carbocycles. The lowest BCUT2D eigenvalue weighted by Gasteiger charge is -2.35. The number of carbonyl (C=O) groups excluding carboxylic acids is 1. The van der Waals surface area contributed by atoms with Gasteiger partial charge in [-0.1, -0.05) is 31.5 Å². The minimum Gasteiger partial charge on any atom is -0.448 e. The largest absolute Gasteiger partial charge is 0.448 e. The third-order valence-corrected chi connectivity index (χ3v) is 7.38. The maximum Gasteiger partial charge on any atom is 0.297 e. The first-order valence-corrected chi connectivity index (χ1v) is 13.4. The van der Waals surface area contributed by atoms with E-state index in [1.54, 1.807) is 21.6 Å². The summed E-state index contributed by atoms with van der Waals surface area (Å²) in [5, 5.41) is 4.32. The van der Waals surface area contributed by atoms with E-state index in [1.165, 1.54) is 29.5 Å². The van der Waals surface area contributed by atoms with Crippen LogP contribution in [0.5, 0.6) is 0 Å². The third-order valence-electron chi connectivity index (χ3n) is 6.65. The monoisotopic (exact) mass is 532 g/mol. The second-order valence-corrected chi connectivity index (χ2v) is 10.5. The first kappa shape index (κ1) is 25.8. The van der Waals surface area contributed by atoms with Crippen LogP contribution < -0.4 is 11.3 Å². The van der Waals surface area contributed by atoms with Crippen molar-refractivity contribution in [3.8, 4) is 0 Å². The van der Waals surface area contributed by atoms with Crippen molar-refractivity contribution in [2.75, 3.05) is 13.1 Å². The lowest BCUT2D eigenvalue weighted by atomic mass is 9.99. The van der Waals surface area contributed by atoms with Gasteiger partial charge < -0.3 is 15.1 Å². The molecule has 2 N–H and O–H groups in total. The van der Waals surface area contributed by atoms with Crippen molar-refractivity contribution in [2.24, 2.45) is 11.7 Å². The van der Waals surface area contributed by atoms with E-state index in [1.807, 2.05) is 49.7 Å². The molecular weight excluding hydrogens is 503 g/mol. The Morgan fingerprint density at radius 2 is 1.95 bits per heavy atom. The molecule has 0 saturated heterocycles. The number of nitrogens with two attached hydrogens (primary N) is 1. The van der Waals surface area contributed by atoms with Gasteiger partial charge in [0.15, 0.2) is 0 Å². The van der Waals surface area contributed by atoms with Gasteiger partial charge in [-0.3, -0.25) is 14.2 Å². The van der Waals surface area contributed by atoms with Crippen LogP contribution in [0.25, 0.3) is 22.1 Å². The van der Waals surface area contributed by atoms with Crippen molar-refractivity contribution in [3.05, 3.63) is 98.0 Å². The highest BCUT2D eigenvalue weighted by Crippen LogP contribution is 2.32. The van der Waals surface area contributed by atoms with Crippen LogP contribution in [0.1, 0.15) is 47.2 Å². The van der Waals surface area contributed by atoms with Crippen LogP contribution in [0.4, 0.5) is 4.39 Å². The highest BCUT2D eigenvalue weighted by molar-refractivity contribution is 7.07. The average molecular weight is 533 g/mol. The van der Waals surface area contributed by atoms with Crippen LogP contribution >= 0.6 is 11.3 Å². The van der Waals surface area contributed by atoms with Crippen molar-refractivity contribution < 1.29 is 13.6 Å². The minimum atomic E-state index is -0.582. The zero-order valence-electron chi connectivity index (χ0n) is 21.5. The summed E-state index contributed by atoms with van der Waals surface area (Å²) < 4.78 is 21.6. The van der Waals surface area contributed by atoms with Crippen LogP contribution in [0.2, 0.25) is 0 Å². The van der Waals surface area contributed by atoms with Crippen molar-refractivity contribution in [1.29, 1.82) is 0 Å². The van der Waals surface area contributed by atoms with Crippen LogP contribution in [0.3, 0.4) is 0 Å². The van der Waals surface area contributed by atoms with E-state index < -0.39 is 11.9 Å². The Balaban J connectivity index is 1.76. The fourth-order valence-corrected chi connectivity index (χ4v) is 5.48. The van der Waals surface area contributed by atoms with E-state index in [0.717, 1.165) is 11.1 Å². The van der Waals surface area contributed by atoms with Crippen molar-refractivity contribution in [2.45, 2.75) is 33.4 Å². The number of amides is 1. The molecule has 3 aromatic heterocycles. The summed E-state index contributed by atoms with van der Waals surface area (Å²) in [5.41, 5.74) is 8.82. The molecule has 0 radical (unpaired) electrons. The molecule has 38 heavy (non-hydrogen) atoms. The molecule has 5 aromatic rings. The van der Waals surface area contributed by atoms with Crippen LogP contribution in [0, 0.1) is 18.7 Å². The fourth-order valence-electron chi connectivity index (χ4n) is 4.82. The molecule has 0 aliphatic heterocycles. The molecule has 1 unspecified atom stereocenters. The van der Waals surface area contributed by atoms with Gasteiger partial charge in [0.25, 0.3) is 11.5 Å². The molecule has 1 atom stereocenters. The third kappa shape index (κ3) is 4.75. The Hall–Kier alpha value is -3.82. The van der Waals surface area contributed by atoms with E-state index in [2.05, 4.69) is 0 Å². The van der Waals surface area contributed by atoms with E-state index in [-0.39, 0.29) is 48.1 Å². The number of hydrogen-bond acceptors (Lipinski definition) is 6. The van der Waals surface area contributed by atoms with Crippen LogP contribution in [0.15, 0.2) is 68.5 Å². The molecule has 0 spiro atoms. The van der Waals surface area contributed by atoms with E-state index in [4.69, 9.17) is 15.1 Å². The van der Waals surface area contributed by atoms with Gasteiger partial charge in [0.05, 0.1) is 12.6 Å². The zero-order chi connectivity index (χ0) is 27.0. The van der Waals surface area contributed by atoms with Gasteiger partial charge in [-0.15, -0.1) is 0 Å². The van der Waals surface area contributed by atoms with Gasteiger partial charge in [-0.25, -0.2) is 9.37 Å². The van der Waals surface area contributed by atoms with Gasteiger partial charge in [0.2, 0.25) is 5.58 Å². The number of halogens is 1. The molecule has 196 valence electrons. The zero-order valence-corrected chi connectivity index (χ0v) is 22.3. The average Bonchev–Trinajstić information content (AvgIpc) is 3.53. The first-order chi connectivity index (χ1) is 18.3. The molecular formula is C29H29FN4O3S. The van der Waals surface area contributed by atoms with E-state index >= 15 is 0 Å². The molecule has 2 aromatic carbocycles. The topological polar surface area (TPSA) is 94.4 Å². The molecule has 0 fully saturated rings. The fraction of sp³-hybridized carbons (Fsp3) is 0.276. The quantitative estimate of drug-likeness (QED) is 0.285. The summed E-state index contributed by atoms with van der Waals surface area (Å²) in [5.74, 6) is -0.368. The summed E-state index contributed by atoms with van der Waals surface area (Å²) in [6.07, 6.45) is 0. The standard InChI is InChI=1S/C29H29FN4O3S/c1-17(2)25(33(12-11-31)28(35)20-6-4-18(3)5-7-20)27-32-24-22-14-21(30)8-9-23(22)37-26(24)29(36)34(27)15-19-10-13-38-16-19/h4-10,13-14,16-17,25H,11-12,15,31H2,1-3H3. The van der Waals surface area contributed by atoms with Gasteiger partial charge in [0.1, 0.15) is 22.7 Å². The predicted octanol–water partition coefficient (Wildman–Crippen LogP) is 5.50. The normalized spacial score (nSPS) is 12.5. The number of aryl methyl sites for hydroxylation is 1. The number of thiophene rings is 1. The summed E-state index contributed by atoms with van der Waals surface area (Å²) in [6, 6.07) is 12.8. The summed E-state index contributed by atoms with van der Waals surface area (Å²) in [7, 11) is 0. The highest BCUT2D eigenvalue weighted by Gasteiger charge is 2.33. The first-order valence-electron chi connectivity index (χ1n) is 12.5. The van der Waals surface area contributed by atoms with Crippen LogP contribution in [-0.2, 0) is 6.54 Å². The maximum absolute atomic E-state index is 14.2. The summed E-state index contributed by atoms with van der Waals surface area (Å²) >= 11 is 1.53. The van der Waals surface area contributed by atoms with E-state index in [9.17, 15) is 14.0 Å². The Morgan fingerprint density at radius 1 is 1.18 bits per heavy atom. The molecule has 5 rings (SSSR count). The maximum atomic E-state index is 14.2. The molecule has 0 aliphatic rings. The smallest absolute Gasteiger partial charge is 0.297 e. The number of rotatable bonds is 8. The number of carbonyl (C=O) groups is 1. The second-order valence-electron chi connectivity index (χ2n) is 9.76. The molecule has 9 heteroatoms. The summed E-state index contributed by atoms with van der Waals surface area (Å²) in [4.78, 5) is 34.4. The van der Waals surface area contributed by atoms with E-state index in [0.29, 0.717) is 22.4 Å². The van der Waals surface area contributed by atoms with Crippen molar-refractivity contribution in [1.82, 2.24) is 14.5 Å². The molecule has 3 heterocycles. The predicted molar refractivity (Wildman–Crippen MR) is 148 cm³/mol. The SMILES string of the molecule is Cc1ccc(C(=O)N(CCN)C(c2nc3c(oc4ccc(F)cc43)c(=O)n2Cc2ccsc2)C(C)C)cc1. The highest BCUT2D eigenvalue weighted by atomic mass is 32.1. The minimum absolute atomic E-state index is 0.0577. The van der Waals surface area contributed by atoms with Gasteiger partial charge >= 0.3 is 0 Å². The van der Waals surface area contributed by atoms with Crippen LogP contribution in [-0.4, -0.2) is 33.4 Å². The lowest BCUT2D eigenvalue weighted by Crippen LogP contribution is -2.43. The Morgan fingerprint density at radius 3 is 2.61 bits per heavy atom. The Bertz CT molecular complexity index is 1660. The van der Waals surface area contributed by atoms with Gasteiger partial charge in [-0.05, 0) is 65.6 Å². The molecule has 0 bridgehead atoms. The Labute approximate surface area is 223 Å². The number of hydrogen-bond donors (Lipinski definition) is 1. The van der Waals surface area contributed by atoms with Crippen molar-refractivity contribution in [3.63, 3.8) is 0 Å². The number of aromatic nitrogens is 2. The number of fused-ring (bicyclic) bond motifs is 3. The number of benzene rings is 2.